The quantitative estimate of drug-likeness (QED) is 0.563. The van der Waals surface area contributed by atoms with Gasteiger partial charge in [-0.3, -0.25) is 0 Å². The van der Waals surface area contributed by atoms with E-state index < -0.39 is 0 Å². The number of rotatable bonds is 4. The number of anilines is 1. The second-order valence-electron chi connectivity index (χ2n) is 5.80. The zero-order chi connectivity index (χ0) is 17.5. The maximum Gasteiger partial charge on any atom is 0.231 e. The van der Waals surface area contributed by atoms with Crippen LogP contribution in [0.4, 0.5) is 5.13 Å². The first-order chi connectivity index (χ1) is 12.8. The zero-order valence-corrected chi connectivity index (χ0v) is 15.0. The van der Waals surface area contributed by atoms with Crippen LogP contribution in [-0.2, 0) is 6.54 Å². The molecule has 5 rings (SSSR count). The van der Waals surface area contributed by atoms with E-state index in [2.05, 4.69) is 15.4 Å². The minimum absolute atomic E-state index is 0.280. The van der Waals surface area contributed by atoms with Crippen LogP contribution >= 0.6 is 22.9 Å². The predicted octanol–water partition coefficient (Wildman–Crippen LogP) is 4.45. The van der Waals surface area contributed by atoms with E-state index >= 15 is 0 Å². The molecule has 0 saturated heterocycles. The highest BCUT2D eigenvalue weighted by Gasteiger charge is 2.14. The number of nitrogens with one attached hydrogen (secondary N) is 1. The van der Waals surface area contributed by atoms with Crippen LogP contribution in [0.1, 0.15) is 5.56 Å². The second kappa shape index (κ2) is 6.19. The molecular weight excluding hydrogens is 372 g/mol. The van der Waals surface area contributed by atoms with Crippen molar-refractivity contribution in [3.05, 3.63) is 59.2 Å². The van der Waals surface area contributed by atoms with Crippen molar-refractivity contribution in [2.45, 2.75) is 6.54 Å². The van der Waals surface area contributed by atoms with E-state index in [1.165, 1.54) is 11.3 Å². The summed E-state index contributed by atoms with van der Waals surface area (Å²) in [5, 5.41) is 9.46. The summed E-state index contributed by atoms with van der Waals surface area (Å²) in [5.74, 6) is 1.56. The number of fused-ring (bicyclic) bond motifs is 2. The van der Waals surface area contributed by atoms with E-state index in [4.69, 9.17) is 21.1 Å². The van der Waals surface area contributed by atoms with Crippen LogP contribution in [0.2, 0.25) is 5.02 Å². The number of aromatic nitrogens is 3. The molecule has 4 aromatic rings. The van der Waals surface area contributed by atoms with Crippen molar-refractivity contribution in [2.75, 3.05) is 12.1 Å². The molecule has 6 nitrogen and oxygen atoms in total. The fraction of sp³-hybridized carbons (Fsp3) is 0.111. The number of halogens is 1. The molecule has 0 radical (unpaired) electrons. The van der Waals surface area contributed by atoms with E-state index in [0.717, 1.165) is 38.4 Å². The summed E-state index contributed by atoms with van der Waals surface area (Å²) in [6.45, 7) is 0.919. The van der Waals surface area contributed by atoms with Gasteiger partial charge in [-0.2, -0.15) is 0 Å². The van der Waals surface area contributed by atoms with Gasteiger partial charge in [0.25, 0.3) is 0 Å². The fourth-order valence-corrected chi connectivity index (χ4v) is 3.80. The molecule has 0 aliphatic carbocycles. The lowest BCUT2D eigenvalue weighted by Gasteiger charge is -2.04. The molecule has 2 aromatic carbocycles. The third kappa shape index (κ3) is 2.75. The maximum absolute atomic E-state index is 6.10. The minimum atomic E-state index is 0.280. The Morgan fingerprint density at radius 3 is 3.00 bits per heavy atom. The van der Waals surface area contributed by atoms with Gasteiger partial charge in [-0.05, 0) is 29.8 Å². The Morgan fingerprint density at radius 2 is 2.08 bits per heavy atom. The van der Waals surface area contributed by atoms with Gasteiger partial charge in [-0.15, -0.1) is 5.10 Å². The van der Waals surface area contributed by atoms with Crippen molar-refractivity contribution in [1.82, 2.24) is 14.6 Å². The summed E-state index contributed by atoms with van der Waals surface area (Å²) in [5.41, 5.74) is 2.99. The standard InChI is InChI=1S/C18H13ClN4O2S/c19-13-3-1-2-12(7-13)14-9-21-18-23(14)22-17(26-18)20-8-11-4-5-15-16(6-11)25-10-24-15/h1-7,9H,8,10H2,(H,20,22). The van der Waals surface area contributed by atoms with Crippen molar-refractivity contribution in [1.29, 1.82) is 0 Å². The van der Waals surface area contributed by atoms with Gasteiger partial charge < -0.3 is 14.8 Å². The van der Waals surface area contributed by atoms with Crippen LogP contribution in [0, 0.1) is 0 Å². The Morgan fingerprint density at radius 1 is 1.15 bits per heavy atom. The molecule has 3 heterocycles. The normalized spacial score (nSPS) is 12.7. The lowest BCUT2D eigenvalue weighted by molar-refractivity contribution is 0.174. The average Bonchev–Trinajstić information content (AvgIpc) is 3.34. The highest BCUT2D eigenvalue weighted by Crippen LogP contribution is 2.33. The van der Waals surface area contributed by atoms with E-state index in [1.807, 2.05) is 53.2 Å². The Balaban J connectivity index is 1.39. The Labute approximate surface area is 158 Å². The summed E-state index contributed by atoms with van der Waals surface area (Å²) in [6, 6.07) is 13.6. The maximum atomic E-state index is 6.10. The molecule has 0 saturated carbocycles. The molecule has 8 heteroatoms. The highest BCUT2D eigenvalue weighted by molar-refractivity contribution is 7.20. The van der Waals surface area contributed by atoms with Gasteiger partial charge in [0.1, 0.15) is 0 Å². The number of ether oxygens (including phenoxy) is 2. The molecule has 0 atom stereocenters. The topological polar surface area (TPSA) is 60.7 Å². The van der Waals surface area contributed by atoms with Gasteiger partial charge in [-0.1, -0.05) is 41.1 Å². The summed E-state index contributed by atoms with van der Waals surface area (Å²) in [4.78, 5) is 5.27. The molecule has 0 spiro atoms. The lowest BCUT2D eigenvalue weighted by Crippen LogP contribution is -2.00. The molecule has 0 fully saturated rings. The second-order valence-corrected chi connectivity index (χ2v) is 7.19. The Hall–Kier alpha value is -2.77. The van der Waals surface area contributed by atoms with Gasteiger partial charge in [0.2, 0.25) is 16.9 Å². The first kappa shape index (κ1) is 15.5. The van der Waals surface area contributed by atoms with E-state index in [9.17, 15) is 0 Å². The monoisotopic (exact) mass is 384 g/mol. The number of nitrogens with zero attached hydrogens (tertiary/aromatic N) is 3. The predicted molar refractivity (Wildman–Crippen MR) is 101 cm³/mol. The van der Waals surface area contributed by atoms with E-state index in [-0.39, 0.29) is 6.79 Å². The molecular formula is C18H13ClN4O2S. The summed E-state index contributed by atoms with van der Waals surface area (Å²) in [6.07, 6.45) is 1.81. The summed E-state index contributed by atoms with van der Waals surface area (Å²) < 4.78 is 12.6. The molecule has 130 valence electrons. The van der Waals surface area contributed by atoms with Crippen LogP contribution in [-0.4, -0.2) is 21.4 Å². The minimum Gasteiger partial charge on any atom is -0.454 e. The largest absolute Gasteiger partial charge is 0.454 e. The molecule has 1 N–H and O–H groups in total. The fourth-order valence-electron chi connectivity index (χ4n) is 2.84. The van der Waals surface area contributed by atoms with Crippen LogP contribution in [0.15, 0.2) is 48.7 Å². The molecule has 26 heavy (non-hydrogen) atoms. The molecule has 1 aliphatic heterocycles. The van der Waals surface area contributed by atoms with Gasteiger partial charge in [0.15, 0.2) is 11.5 Å². The van der Waals surface area contributed by atoms with Crippen LogP contribution < -0.4 is 14.8 Å². The smallest absolute Gasteiger partial charge is 0.231 e. The number of benzene rings is 2. The van der Waals surface area contributed by atoms with Gasteiger partial charge >= 0.3 is 0 Å². The number of hydrogen-bond acceptors (Lipinski definition) is 6. The van der Waals surface area contributed by atoms with Gasteiger partial charge in [-0.25, -0.2) is 9.50 Å². The number of imidazole rings is 1. The van der Waals surface area contributed by atoms with Crippen molar-refractivity contribution >= 4 is 33.0 Å². The Bertz CT molecular complexity index is 1110. The van der Waals surface area contributed by atoms with Gasteiger partial charge in [0, 0.05) is 17.1 Å². The molecule has 2 aromatic heterocycles. The zero-order valence-electron chi connectivity index (χ0n) is 13.5. The van der Waals surface area contributed by atoms with Crippen molar-refractivity contribution in [3.8, 4) is 22.8 Å². The Kier molecular flexibility index (Phi) is 3.69. The first-order valence-corrected chi connectivity index (χ1v) is 9.19. The van der Waals surface area contributed by atoms with Crippen molar-refractivity contribution < 1.29 is 9.47 Å². The lowest BCUT2D eigenvalue weighted by atomic mass is 10.2. The van der Waals surface area contributed by atoms with Crippen molar-refractivity contribution in [3.63, 3.8) is 0 Å². The molecule has 0 bridgehead atoms. The van der Waals surface area contributed by atoms with Crippen LogP contribution in [0.3, 0.4) is 0 Å². The van der Waals surface area contributed by atoms with Gasteiger partial charge in [0.05, 0.1) is 11.9 Å². The third-order valence-electron chi connectivity index (χ3n) is 4.09. The van der Waals surface area contributed by atoms with E-state index in [1.54, 1.807) is 0 Å². The van der Waals surface area contributed by atoms with E-state index in [0.29, 0.717) is 11.6 Å². The highest BCUT2D eigenvalue weighted by atomic mass is 35.5. The van der Waals surface area contributed by atoms with Crippen LogP contribution in [0.25, 0.3) is 16.2 Å². The summed E-state index contributed by atoms with van der Waals surface area (Å²) >= 11 is 7.60. The third-order valence-corrected chi connectivity index (χ3v) is 5.20. The summed E-state index contributed by atoms with van der Waals surface area (Å²) in [7, 11) is 0. The molecule has 1 aliphatic rings. The molecule has 0 amide bonds. The van der Waals surface area contributed by atoms with Crippen LogP contribution in [0.5, 0.6) is 11.5 Å². The average molecular weight is 385 g/mol. The first-order valence-electron chi connectivity index (χ1n) is 7.99. The van der Waals surface area contributed by atoms with Crippen molar-refractivity contribution in [2.24, 2.45) is 0 Å². The molecule has 0 unspecified atom stereocenters. The SMILES string of the molecule is Clc1cccc(-c2cnc3sc(NCc4ccc5c(c4)OCO5)nn23)c1. The number of hydrogen-bond donors (Lipinski definition) is 1.